The molecule has 0 spiro atoms. The van der Waals surface area contributed by atoms with E-state index in [-0.39, 0.29) is 30.3 Å². The Bertz CT molecular complexity index is 812. The Morgan fingerprint density at radius 2 is 1.67 bits per heavy atom. The molecule has 0 aliphatic carbocycles. The zero-order valence-electron chi connectivity index (χ0n) is 18.4. The fourth-order valence-electron chi connectivity index (χ4n) is 2.84. The van der Waals surface area contributed by atoms with Crippen molar-refractivity contribution < 1.29 is 41.4 Å². The number of carboxylic acids is 1. The first-order chi connectivity index (χ1) is 15.3. The van der Waals surface area contributed by atoms with Gasteiger partial charge in [-0.3, -0.25) is 9.59 Å². The molecule has 2 N–H and O–H groups in total. The fraction of sp³-hybridized carbons (Fsp3) is 0.571. The highest BCUT2D eigenvalue weighted by Gasteiger charge is 2.38. The second-order valence-corrected chi connectivity index (χ2v) is 7.79. The van der Waals surface area contributed by atoms with E-state index in [0.29, 0.717) is 25.6 Å². The van der Waals surface area contributed by atoms with Gasteiger partial charge in [-0.25, -0.2) is 13.6 Å². The number of amides is 2. The van der Waals surface area contributed by atoms with Crippen LogP contribution in [0.1, 0.15) is 37.0 Å². The van der Waals surface area contributed by atoms with Crippen LogP contribution in [0, 0.1) is 17.6 Å². The van der Waals surface area contributed by atoms with Gasteiger partial charge in [0.2, 0.25) is 5.91 Å². The lowest BCUT2D eigenvalue weighted by Gasteiger charge is -2.29. The summed E-state index contributed by atoms with van der Waals surface area (Å²) in [7, 11) is 0. The highest BCUT2D eigenvalue weighted by atomic mass is 19.4. The third-order valence-corrected chi connectivity index (χ3v) is 4.74. The maximum Gasteiger partial charge on any atom is 0.490 e. The van der Waals surface area contributed by atoms with E-state index in [1.807, 2.05) is 13.8 Å². The van der Waals surface area contributed by atoms with E-state index in [1.165, 1.54) is 6.07 Å². The van der Waals surface area contributed by atoms with Gasteiger partial charge >= 0.3 is 12.1 Å². The minimum Gasteiger partial charge on any atom is -0.475 e. The van der Waals surface area contributed by atoms with E-state index >= 15 is 0 Å². The van der Waals surface area contributed by atoms with E-state index in [9.17, 15) is 31.5 Å². The molecule has 1 heterocycles. The zero-order chi connectivity index (χ0) is 25.2. The van der Waals surface area contributed by atoms with Crippen LogP contribution in [0.25, 0.3) is 0 Å². The third kappa shape index (κ3) is 10.1. The summed E-state index contributed by atoms with van der Waals surface area (Å²) < 4.78 is 58.3. The topological polar surface area (TPSA) is 90.0 Å². The van der Waals surface area contributed by atoms with Gasteiger partial charge in [0, 0.05) is 51.3 Å². The van der Waals surface area contributed by atoms with Crippen molar-refractivity contribution in [1.82, 2.24) is 15.1 Å². The van der Waals surface area contributed by atoms with Crippen molar-refractivity contribution in [3.63, 3.8) is 0 Å². The van der Waals surface area contributed by atoms with Crippen LogP contribution in [0.3, 0.4) is 0 Å². The van der Waals surface area contributed by atoms with Crippen LogP contribution < -0.4 is 5.32 Å². The van der Waals surface area contributed by atoms with Crippen molar-refractivity contribution in [3.05, 3.63) is 35.4 Å². The van der Waals surface area contributed by atoms with Gasteiger partial charge in [0.05, 0.1) is 0 Å². The zero-order valence-corrected chi connectivity index (χ0v) is 18.4. The molecule has 0 aromatic heterocycles. The highest BCUT2D eigenvalue weighted by Crippen LogP contribution is 2.14. The molecule has 2 rings (SSSR count). The van der Waals surface area contributed by atoms with Gasteiger partial charge in [-0.05, 0) is 30.5 Å². The van der Waals surface area contributed by atoms with E-state index in [2.05, 4.69) is 5.32 Å². The van der Waals surface area contributed by atoms with Crippen molar-refractivity contribution in [3.8, 4) is 0 Å². The van der Waals surface area contributed by atoms with Crippen molar-refractivity contribution in [1.29, 1.82) is 0 Å². The van der Waals surface area contributed by atoms with Gasteiger partial charge in [0.25, 0.3) is 5.91 Å². The number of halogens is 5. The number of piperazine rings is 1. The normalized spacial score (nSPS) is 13.9. The molecule has 1 aromatic rings. The number of carboxylic acid groups (broad SMARTS) is 1. The van der Waals surface area contributed by atoms with Crippen LogP contribution in [0.15, 0.2) is 18.2 Å². The molecule has 0 saturated carbocycles. The lowest BCUT2D eigenvalue weighted by Crippen LogP contribution is -2.47. The molecular weight excluding hydrogens is 453 g/mol. The Balaban J connectivity index is 0.000000675. The number of hydrogen-bond acceptors (Lipinski definition) is 4. The van der Waals surface area contributed by atoms with Gasteiger partial charge < -0.3 is 20.2 Å². The molecule has 1 aliphatic rings. The van der Waals surface area contributed by atoms with Crippen molar-refractivity contribution >= 4 is 17.8 Å². The first-order valence-corrected chi connectivity index (χ1v) is 10.4. The smallest absolute Gasteiger partial charge is 0.475 e. The number of aliphatic carboxylic acids is 1. The number of carbonyl (C=O) groups is 3. The van der Waals surface area contributed by atoms with Gasteiger partial charge in [-0.1, -0.05) is 13.8 Å². The molecular formula is C21H28F5N3O4. The summed E-state index contributed by atoms with van der Waals surface area (Å²) in [6, 6.07) is 3.15. The monoisotopic (exact) mass is 481 g/mol. The van der Waals surface area contributed by atoms with Crippen LogP contribution in [-0.2, 0) is 9.59 Å². The number of nitrogens with zero attached hydrogens (tertiary/aromatic N) is 2. The summed E-state index contributed by atoms with van der Waals surface area (Å²) in [5.41, 5.74) is 0.0993. The van der Waals surface area contributed by atoms with Gasteiger partial charge in [0.15, 0.2) is 11.6 Å². The fourth-order valence-corrected chi connectivity index (χ4v) is 2.84. The molecule has 2 amide bonds. The summed E-state index contributed by atoms with van der Waals surface area (Å²) in [4.78, 5) is 37.3. The second kappa shape index (κ2) is 13.1. The minimum atomic E-state index is -5.08. The number of benzene rings is 1. The van der Waals surface area contributed by atoms with Crippen LogP contribution in [0.2, 0.25) is 0 Å². The Labute approximate surface area is 188 Å². The maximum absolute atomic E-state index is 13.5. The van der Waals surface area contributed by atoms with E-state index in [4.69, 9.17) is 9.90 Å². The summed E-state index contributed by atoms with van der Waals surface area (Å²) in [6.45, 7) is 7.73. The summed E-state index contributed by atoms with van der Waals surface area (Å²) in [5, 5.41) is 10.3. The molecule has 0 bridgehead atoms. The first-order valence-electron chi connectivity index (χ1n) is 10.4. The Morgan fingerprint density at radius 1 is 1.09 bits per heavy atom. The third-order valence-electron chi connectivity index (χ3n) is 4.74. The minimum absolute atomic E-state index is 0.0131. The number of rotatable bonds is 7. The summed E-state index contributed by atoms with van der Waals surface area (Å²) in [5.74, 6) is -4.76. The Hall–Kier alpha value is -2.76. The molecule has 1 saturated heterocycles. The largest absolute Gasteiger partial charge is 0.490 e. The SMILES string of the molecule is CC(C)CCN(CCC(=O)N1CCNCC1)C(=O)c1ccc(F)c(F)c1.O=C(O)C(F)(F)F. The first kappa shape index (κ1) is 28.3. The van der Waals surface area contributed by atoms with E-state index < -0.39 is 23.8 Å². The molecule has 12 heteroatoms. The predicted molar refractivity (Wildman–Crippen MR) is 109 cm³/mol. The second-order valence-electron chi connectivity index (χ2n) is 7.79. The van der Waals surface area contributed by atoms with Crippen molar-refractivity contribution in [2.24, 2.45) is 5.92 Å². The van der Waals surface area contributed by atoms with Gasteiger partial charge in [-0.15, -0.1) is 0 Å². The molecule has 0 atom stereocenters. The molecule has 0 radical (unpaired) electrons. The van der Waals surface area contributed by atoms with E-state index in [0.717, 1.165) is 31.6 Å². The van der Waals surface area contributed by atoms with Gasteiger partial charge in [-0.2, -0.15) is 13.2 Å². The highest BCUT2D eigenvalue weighted by molar-refractivity contribution is 5.94. The average molecular weight is 481 g/mol. The van der Waals surface area contributed by atoms with Crippen LogP contribution in [0.5, 0.6) is 0 Å². The van der Waals surface area contributed by atoms with Crippen molar-refractivity contribution in [2.45, 2.75) is 32.9 Å². The lowest BCUT2D eigenvalue weighted by molar-refractivity contribution is -0.192. The number of hydrogen-bond donors (Lipinski definition) is 2. The van der Waals surface area contributed by atoms with Crippen LogP contribution in [-0.4, -0.2) is 78.1 Å². The number of nitrogens with one attached hydrogen (secondary N) is 1. The summed E-state index contributed by atoms with van der Waals surface area (Å²) in [6.07, 6.45) is -4.08. The maximum atomic E-state index is 13.5. The Morgan fingerprint density at radius 3 is 2.15 bits per heavy atom. The molecule has 7 nitrogen and oxygen atoms in total. The predicted octanol–water partition coefficient (Wildman–Crippen LogP) is 2.91. The molecule has 33 heavy (non-hydrogen) atoms. The van der Waals surface area contributed by atoms with E-state index in [1.54, 1.807) is 9.80 Å². The average Bonchev–Trinajstić information content (AvgIpc) is 2.75. The number of carbonyl (C=O) groups excluding carboxylic acids is 2. The van der Waals surface area contributed by atoms with Gasteiger partial charge in [0.1, 0.15) is 0 Å². The molecule has 1 fully saturated rings. The molecule has 1 aliphatic heterocycles. The molecule has 0 unspecified atom stereocenters. The molecule has 1 aromatic carbocycles. The van der Waals surface area contributed by atoms with Crippen molar-refractivity contribution in [2.75, 3.05) is 39.3 Å². The quantitative estimate of drug-likeness (QED) is 0.585. The molecule has 186 valence electrons. The van der Waals surface area contributed by atoms with Crippen LogP contribution in [0.4, 0.5) is 22.0 Å². The van der Waals surface area contributed by atoms with Crippen LogP contribution >= 0.6 is 0 Å². The number of alkyl halides is 3. The lowest BCUT2D eigenvalue weighted by atomic mass is 10.1. The Kier molecular flexibility index (Phi) is 11.2. The standard InChI is InChI=1S/C19H27F2N3O2.C2HF3O2/c1-14(2)5-9-24(10-6-18(25)23-11-7-22-8-12-23)19(26)15-3-4-16(20)17(21)13-15;3-2(4,5)1(6)7/h3-4,13-14,22H,5-12H2,1-2H3;(H,6,7). The summed E-state index contributed by atoms with van der Waals surface area (Å²) >= 11 is 0.